The molecule has 1 fully saturated rings. The summed E-state index contributed by atoms with van der Waals surface area (Å²) < 4.78 is 14.1. The van der Waals surface area contributed by atoms with Gasteiger partial charge in [0, 0.05) is 29.6 Å². The summed E-state index contributed by atoms with van der Waals surface area (Å²) in [4.78, 5) is 21.2. The predicted molar refractivity (Wildman–Crippen MR) is 120 cm³/mol. The van der Waals surface area contributed by atoms with Gasteiger partial charge in [0.15, 0.2) is 8.32 Å². The lowest BCUT2D eigenvalue weighted by Crippen LogP contribution is -2.44. The fourth-order valence-electron chi connectivity index (χ4n) is 3.53. The zero-order valence-corrected chi connectivity index (χ0v) is 20.2. The van der Waals surface area contributed by atoms with Gasteiger partial charge in [0.05, 0.1) is 12.3 Å². The van der Waals surface area contributed by atoms with Gasteiger partial charge in [0.25, 0.3) is 0 Å². The van der Waals surface area contributed by atoms with Crippen molar-refractivity contribution >= 4 is 30.6 Å². The van der Waals surface area contributed by atoms with Gasteiger partial charge in [0.2, 0.25) is 0 Å². The van der Waals surface area contributed by atoms with Crippen molar-refractivity contribution in [3.63, 3.8) is 0 Å². The number of aromatic nitrogens is 2. The molecule has 0 radical (unpaired) electrons. The van der Waals surface area contributed by atoms with E-state index in [0.717, 1.165) is 17.7 Å². The second kappa shape index (κ2) is 8.24. The van der Waals surface area contributed by atoms with E-state index in [0.29, 0.717) is 6.54 Å². The quantitative estimate of drug-likeness (QED) is 0.471. The summed E-state index contributed by atoms with van der Waals surface area (Å²) in [5.41, 5.74) is 1.19. The molecule has 0 aromatic carbocycles. The Hall–Kier alpha value is -1.64. The molecule has 29 heavy (non-hydrogen) atoms. The number of nitrogens with zero attached hydrogens (tertiary/aromatic N) is 3. The summed E-state index contributed by atoms with van der Waals surface area (Å²) in [5, 5.41) is 0.135. The largest absolute Gasteiger partial charge is 0.445 e. The Morgan fingerprint density at radius 3 is 2.79 bits per heavy atom. The maximum Gasteiger partial charge on any atom is 0.410 e. The number of ether oxygens (including phenoxy) is 1. The van der Waals surface area contributed by atoms with E-state index < -0.39 is 8.32 Å². The minimum Gasteiger partial charge on any atom is -0.445 e. The van der Waals surface area contributed by atoms with Crippen molar-refractivity contribution in [1.82, 2.24) is 14.3 Å². The van der Waals surface area contributed by atoms with Crippen LogP contribution in [0.4, 0.5) is 4.79 Å². The van der Waals surface area contributed by atoms with E-state index in [1.54, 1.807) is 17.4 Å². The summed E-state index contributed by atoms with van der Waals surface area (Å²) in [6.07, 6.45) is 6.74. The average Bonchev–Trinajstić information content (AvgIpc) is 3.30. The van der Waals surface area contributed by atoms with Gasteiger partial charge < -0.3 is 14.1 Å². The highest BCUT2D eigenvalue weighted by Gasteiger charge is 2.44. The minimum absolute atomic E-state index is 0.0464. The number of thiazole rings is 1. The van der Waals surface area contributed by atoms with Crippen LogP contribution in [-0.2, 0) is 15.6 Å². The summed E-state index contributed by atoms with van der Waals surface area (Å²) in [5.74, 6) is 0. The number of amides is 1. The van der Waals surface area contributed by atoms with Crippen LogP contribution in [0.5, 0.6) is 0 Å². The van der Waals surface area contributed by atoms with Gasteiger partial charge in [-0.05, 0) is 31.5 Å². The molecule has 2 aromatic rings. The van der Waals surface area contributed by atoms with E-state index in [2.05, 4.69) is 56.8 Å². The predicted octanol–water partition coefficient (Wildman–Crippen LogP) is 5.03. The van der Waals surface area contributed by atoms with E-state index in [-0.39, 0.29) is 29.9 Å². The fraction of sp³-hybridized carbons (Fsp3) is 0.619. The molecule has 1 aliphatic heterocycles. The number of likely N-dealkylation sites (tertiary alicyclic amines) is 1. The van der Waals surface area contributed by atoms with Crippen molar-refractivity contribution in [2.75, 3.05) is 13.2 Å². The number of imidazole rings is 1. The molecule has 0 N–H and O–H groups in total. The molecule has 160 valence electrons. The van der Waals surface area contributed by atoms with Gasteiger partial charge in [0.1, 0.15) is 17.8 Å². The molecule has 0 spiro atoms. The Balaban J connectivity index is 1.79. The molecule has 0 unspecified atom stereocenters. The van der Waals surface area contributed by atoms with Gasteiger partial charge in [-0.25, -0.2) is 9.78 Å². The van der Waals surface area contributed by atoms with E-state index in [1.165, 1.54) is 10.6 Å². The molecule has 1 amide bonds. The zero-order chi connectivity index (χ0) is 21.4. The van der Waals surface area contributed by atoms with E-state index in [4.69, 9.17) is 9.16 Å². The first-order valence-electron chi connectivity index (χ1n) is 10.2. The normalized spacial score (nSPS) is 20.4. The van der Waals surface area contributed by atoms with Gasteiger partial charge in [-0.3, -0.25) is 4.40 Å². The van der Waals surface area contributed by atoms with E-state index in [9.17, 15) is 4.79 Å². The van der Waals surface area contributed by atoms with Crippen molar-refractivity contribution in [2.24, 2.45) is 0 Å². The van der Waals surface area contributed by atoms with Gasteiger partial charge in [-0.2, -0.15) is 0 Å². The third kappa shape index (κ3) is 4.59. The Morgan fingerprint density at radius 2 is 2.17 bits per heavy atom. The fourth-order valence-corrected chi connectivity index (χ4v) is 6.06. The van der Waals surface area contributed by atoms with Crippen LogP contribution in [0, 0.1) is 6.92 Å². The highest BCUT2D eigenvalue weighted by Crippen LogP contribution is 2.39. The van der Waals surface area contributed by atoms with Gasteiger partial charge >= 0.3 is 6.09 Å². The highest BCUT2D eigenvalue weighted by atomic mass is 32.1. The zero-order valence-electron chi connectivity index (χ0n) is 18.4. The molecule has 1 saturated heterocycles. The maximum atomic E-state index is 12.7. The van der Waals surface area contributed by atoms with Crippen molar-refractivity contribution in [3.8, 4) is 0 Å². The first kappa shape index (κ1) is 22.1. The van der Waals surface area contributed by atoms with E-state index in [1.807, 2.05) is 17.4 Å². The highest BCUT2D eigenvalue weighted by molar-refractivity contribution is 7.17. The van der Waals surface area contributed by atoms with E-state index >= 15 is 0 Å². The topological polar surface area (TPSA) is 56.1 Å². The molecule has 3 rings (SSSR count). The molecule has 6 nitrogen and oxygen atoms in total. The summed E-state index contributed by atoms with van der Waals surface area (Å²) in [6, 6.07) is 0.0668. The molecule has 1 aliphatic rings. The molecule has 0 aliphatic carbocycles. The van der Waals surface area contributed by atoms with Crippen LogP contribution in [0.2, 0.25) is 18.1 Å². The van der Waals surface area contributed by atoms with Crippen LogP contribution >= 0.6 is 11.3 Å². The third-order valence-corrected chi connectivity index (χ3v) is 12.0. The Labute approximate surface area is 178 Å². The smallest absolute Gasteiger partial charge is 0.410 e. The molecule has 8 heteroatoms. The van der Waals surface area contributed by atoms with Crippen molar-refractivity contribution in [3.05, 3.63) is 35.8 Å². The summed E-state index contributed by atoms with van der Waals surface area (Å²) in [7, 11) is -1.91. The number of hydrogen-bond donors (Lipinski definition) is 0. The van der Waals surface area contributed by atoms with Crippen LogP contribution < -0.4 is 0 Å². The summed E-state index contributed by atoms with van der Waals surface area (Å²) >= 11 is 1.74. The molecule has 3 heterocycles. The minimum atomic E-state index is -1.91. The van der Waals surface area contributed by atoms with Crippen molar-refractivity contribution in [2.45, 2.75) is 70.8 Å². The Kier molecular flexibility index (Phi) is 6.26. The number of hydrogen-bond acceptors (Lipinski definition) is 5. The lowest BCUT2D eigenvalue weighted by molar-refractivity contribution is 0.103. The van der Waals surface area contributed by atoms with Gasteiger partial charge in [-0.1, -0.05) is 33.4 Å². The summed E-state index contributed by atoms with van der Waals surface area (Å²) in [6.45, 7) is 17.8. The molecule has 0 saturated carbocycles. The number of rotatable bonds is 6. The number of fused-ring (bicyclic) bond motifs is 1. The molecular weight excluding hydrogens is 402 g/mol. The molecule has 2 atom stereocenters. The van der Waals surface area contributed by atoms with Gasteiger partial charge in [-0.15, -0.1) is 11.3 Å². The SMILES string of the molecule is C=CCOC(=O)N1C[C@H](O[Si](C)(C)C(C)(C)C)C[C@H]1Cc1sc2cncn2c1C. The van der Waals surface area contributed by atoms with Crippen LogP contribution in [-0.4, -0.2) is 54.0 Å². The monoisotopic (exact) mass is 435 g/mol. The van der Waals surface area contributed by atoms with Crippen LogP contribution in [0.1, 0.15) is 37.8 Å². The third-order valence-electron chi connectivity index (χ3n) is 6.22. The first-order chi connectivity index (χ1) is 13.5. The van der Waals surface area contributed by atoms with Crippen LogP contribution in [0.15, 0.2) is 25.2 Å². The number of aryl methyl sites for hydroxylation is 1. The Bertz CT molecular complexity index is 883. The first-order valence-corrected chi connectivity index (χ1v) is 13.9. The van der Waals surface area contributed by atoms with Crippen molar-refractivity contribution < 1.29 is 14.0 Å². The van der Waals surface area contributed by atoms with Crippen LogP contribution in [0.25, 0.3) is 4.83 Å². The molecular formula is C21H33N3O3SSi. The van der Waals surface area contributed by atoms with Crippen molar-refractivity contribution in [1.29, 1.82) is 0 Å². The van der Waals surface area contributed by atoms with Crippen LogP contribution in [0.3, 0.4) is 0 Å². The Morgan fingerprint density at radius 1 is 1.45 bits per heavy atom. The molecule has 0 bridgehead atoms. The average molecular weight is 436 g/mol. The second-order valence-electron chi connectivity index (χ2n) is 9.32. The lowest BCUT2D eigenvalue weighted by Gasteiger charge is -2.38. The second-order valence-corrected chi connectivity index (χ2v) is 15.2. The lowest BCUT2D eigenvalue weighted by atomic mass is 10.1. The molecule has 2 aromatic heterocycles. The number of carbonyl (C=O) groups excluding carboxylic acids is 1. The maximum absolute atomic E-state index is 12.7. The number of carbonyl (C=O) groups is 1. The standard InChI is InChI=1S/C21H33N3O3SSi/c1-8-9-26-20(25)23-13-17(27-29(6,7)21(3,4)5)10-16(23)11-18-15(2)24-14-22-12-19(24)28-18/h8,12,14,16-17H,1,9-11,13H2,2-7H3/t16-,17+/m0/s1.